The third kappa shape index (κ3) is 5.27. The number of anilines is 1. The van der Waals surface area contributed by atoms with Gasteiger partial charge in [0.1, 0.15) is 0 Å². The summed E-state index contributed by atoms with van der Waals surface area (Å²) < 4.78 is 25.6. The van der Waals surface area contributed by atoms with Crippen LogP contribution in [0.1, 0.15) is 42.3 Å². The monoisotopic (exact) mass is 487 g/mol. The van der Waals surface area contributed by atoms with Gasteiger partial charge in [-0.25, -0.2) is 13.2 Å². The summed E-state index contributed by atoms with van der Waals surface area (Å²) in [5.74, 6) is 0.0643. The van der Waals surface area contributed by atoms with Crippen molar-refractivity contribution in [2.75, 3.05) is 37.0 Å². The summed E-state index contributed by atoms with van der Waals surface area (Å²) in [6, 6.07) is 8.97. The van der Waals surface area contributed by atoms with Crippen molar-refractivity contribution in [2.45, 2.75) is 45.7 Å². The van der Waals surface area contributed by atoms with Crippen LogP contribution in [-0.4, -0.2) is 71.6 Å². The SMILES string of the molecule is Cc1nn([C@@H]2CCS(=O)(=O)C2)c(C)c1CN(C)C(=O)[C@H]1CCCN(C(=O)Nc2ccccc2)C1. The lowest BCUT2D eigenvalue weighted by Gasteiger charge is -2.34. The van der Waals surface area contributed by atoms with Crippen molar-refractivity contribution >= 4 is 27.5 Å². The molecule has 0 bridgehead atoms. The number of hydrogen-bond acceptors (Lipinski definition) is 5. The van der Waals surface area contributed by atoms with Crippen molar-refractivity contribution in [2.24, 2.45) is 5.92 Å². The van der Waals surface area contributed by atoms with Crippen LogP contribution in [0.5, 0.6) is 0 Å². The predicted octanol–water partition coefficient (Wildman–Crippen LogP) is 2.76. The van der Waals surface area contributed by atoms with E-state index in [1.54, 1.807) is 16.8 Å². The summed E-state index contributed by atoms with van der Waals surface area (Å²) in [6.07, 6.45) is 2.09. The quantitative estimate of drug-likeness (QED) is 0.698. The Kier molecular flexibility index (Phi) is 6.97. The molecule has 0 spiro atoms. The minimum absolute atomic E-state index is 0.00667. The van der Waals surface area contributed by atoms with Gasteiger partial charge in [0, 0.05) is 43.6 Å². The Balaban J connectivity index is 1.39. The van der Waals surface area contributed by atoms with Crippen molar-refractivity contribution in [3.63, 3.8) is 0 Å². The van der Waals surface area contributed by atoms with Crippen molar-refractivity contribution in [3.8, 4) is 0 Å². The lowest BCUT2D eigenvalue weighted by molar-refractivity contribution is -0.136. The highest BCUT2D eigenvalue weighted by molar-refractivity contribution is 7.91. The molecule has 34 heavy (non-hydrogen) atoms. The smallest absolute Gasteiger partial charge is 0.321 e. The standard InChI is InChI=1S/C24H33N5O4S/c1-17-22(18(2)29(26-17)21-11-13-34(32,33)16-21)15-27(3)23(30)19-8-7-12-28(14-19)24(31)25-20-9-5-4-6-10-20/h4-6,9-10,19,21H,7-8,11-16H2,1-3H3,(H,25,31)/t19-,21+/m0/s1. The van der Waals surface area contributed by atoms with Gasteiger partial charge in [-0.2, -0.15) is 5.10 Å². The summed E-state index contributed by atoms with van der Waals surface area (Å²) in [5.41, 5.74) is 3.41. The summed E-state index contributed by atoms with van der Waals surface area (Å²) in [7, 11) is -1.23. The van der Waals surface area contributed by atoms with E-state index < -0.39 is 9.84 Å². The number of carbonyl (C=O) groups is 2. The molecule has 10 heteroatoms. The maximum Gasteiger partial charge on any atom is 0.321 e. The van der Waals surface area contributed by atoms with Crippen LogP contribution in [0.2, 0.25) is 0 Å². The Morgan fingerprint density at radius 3 is 2.59 bits per heavy atom. The molecular formula is C24H33N5O4S. The average Bonchev–Trinajstić information content (AvgIpc) is 3.32. The van der Waals surface area contributed by atoms with Crippen LogP contribution in [-0.2, 0) is 21.2 Å². The molecule has 2 aromatic rings. The van der Waals surface area contributed by atoms with Gasteiger partial charge in [0.05, 0.1) is 29.2 Å². The molecule has 2 atom stereocenters. The third-order valence-corrected chi connectivity index (χ3v) is 8.63. The van der Waals surface area contributed by atoms with E-state index in [4.69, 9.17) is 0 Å². The molecule has 0 radical (unpaired) electrons. The molecule has 9 nitrogen and oxygen atoms in total. The second-order valence-electron chi connectivity index (χ2n) is 9.43. The fraction of sp³-hybridized carbons (Fsp3) is 0.542. The third-order valence-electron chi connectivity index (χ3n) is 6.88. The number of aryl methyl sites for hydroxylation is 1. The molecule has 184 valence electrons. The predicted molar refractivity (Wildman–Crippen MR) is 130 cm³/mol. The number of para-hydroxylation sites is 1. The van der Waals surface area contributed by atoms with Gasteiger partial charge in [0.15, 0.2) is 9.84 Å². The number of aromatic nitrogens is 2. The first-order valence-corrected chi connectivity index (χ1v) is 13.6. The van der Waals surface area contributed by atoms with Crippen LogP contribution < -0.4 is 5.32 Å². The van der Waals surface area contributed by atoms with E-state index >= 15 is 0 Å². The topological polar surface area (TPSA) is 105 Å². The van der Waals surface area contributed by atoms with Crippen LogP contribution in [0.4, 0.5) is 10.5 Å². The normalized spacial score (nSPS) is 21.9. The number of hydrogen-bond donors (Lipinski definition) is 1. The van der Waals surface area contributed by atoms with Gasteiger partial charge < -0.3 is 15.1 Å². The van der Waals surface area contributed by atoms with Crippen molar-refractivity contribution < 1.29 is 18.0 Å². The molecule has 3 heterocycles. The first-order valence-electron chi connectivity index (χ1n) is 11.8. The maximum absolute atomic E-state index is 13.3. The number of benzene rings is 1. The average molecular weight is 488 g/mol. The lowest BCUT2D eigenvalue weighted by Crippen LogP contribution is -2.47. The van der Waals surface area contributed by atoms with E-state index in [9.17, 15) is 18.0 Å². The Hall–Kier alpha value is -2.88. The number of piperidine rings is 1. The molecule has 1 aromatic heterocycles. The molecule has 0 aliphatic carbocycles. The molecule has 1 N–H and O–H groups in total. The first kappa shape index (κ1) is 24.3. The molecule has 2 aliphatic heterocycles. The highest BCUT2D eigenvalue weighted by Gasteiger charge is 2.33. The van der Waals surface area contributed by atoms with Crippen LogP contribution in [0.15, 0.2) is 30.3 Å². The number of nitrogens with zero attached hydrogens (tertiary/aromatic N) is 4. The van der Waals surface area contributed by atoms with Crippen molar-refractivity contribution in [1.29, 1.82) is 0 Å². The molecule has 2 aliphatic rings. The number of amides is 3. The minimum atomic E-state index is -3.01. The molecule has 3 amide bonds. The number of nitrogens with one attached hydrogen (secondary N) is 1. The van der Waals surface area contributed by atoms with Crippen molar-refractivity contribution in [1.82, 2.24) is 19.6 Å². The van der Waals surface area contributed by atoms with Gasteiger partial charge >= 0.3 is 6.03 Å². The van der Waals surface area contributed by atoms with Gasteiger partial charge in [-0.3, -0.25) is 9.48 Å². The number of rotatable bonds is 5. The van der Waals surface area contributed by atoms with E-state index in [2.05, 4.69) is 10.4 Å². The van der Waals surface area contributed by atoms with Gasteiger partial charge in [0.2, 0.25) is 5.91 Å². The molecule has 1 aromatic carbocycles. The second kappa shape index (κ2) is 9.77. The van der Waals surface area contributed by atoms with Gasteiger partial charge in [-0.15, -0.1) is 0 Å². The molecular weight excluding hydrogens is 454 g/mol. The summed E-state index contributed by atoms with van der Waals surface area (Å²) >= 11 is 0. The van der Waals surface area contributed by atoms with Gasteiger partial charge in [-0.05, 0) is 45.2 Å². The zero-order valence-electron chi connectivity index (χ0n) is 20.0. The summed E-state index contributed by atoms with van der Waals surface area (Å²) in [4.78, 5) is 29.4. The Bertz CT molecular complexity index is 1160. The molecule has 2 saturated heterocycles. The maximum atomic E-state index is 13.3. The van der Waals surface area contributed by atoms with E-state index in [0.29, 0.717) is 26.1 Å². The molecule has 4 rings (SSSR count). The first-order chi connectivity index (χ1) is 16.1. The van der Waals surface area contributed by atoms with Gasteiger partial charge in [-0.1, -0.05) is 18.2 Å². The number of likely N-dealkylation sites (tertiary alicyclic amines) is 1. The summed E-state index contributed by atoms with van der Waals surface area (Å²) in [5, 5.41) is 7.51. The Morgan fingerprint density at radius 2 is 1.91 bits per heavy atom. The lowest BCUT2D eigenvalue weighted by atomic mass is 9.96. The number of carbonyl (C=O) groups excluding carboxylic acids is 2. The highest BCUT2D eigenvalue weighted by Crippen LogP contribution is 2.28. The van der Waals surface area contributed by atoms with E-state index in [1.807, 2.05) is 48.9 Å². The van der Waals surface area contributed by atoms with E-state index in [0.717, 1.165) is 35.5 Å². The fourth-order valence-corrected chi connectivity index (χ4v) is 6.66. The molecule has 0 unspecified atom stereocenters. The molecule has 2 fully saturated rings. The second-order valence-corrected chi connectivity index (χ2v) is 11.7. The van der Waals surface area contributed by atoms with Crippen LogP contribution in [0.25, 0.3) is 0 Å². The zero-order valence-corrected chi connectivity index (χ0v) is 20.8. The van der Waals surface area contributed by atoms with Crippen LogP contribution in [0.3, 0.4) is 0 Å². The molecule has 0 saturated carbocycles. The largest absolute Gasteiger partial charge is 0.341 e. The van der Waals surface area contributed by atoms with Crippen LogP contribution >= 0.6 is 0 Å². The fourth-order valence-electron chi connectivity index (χ4n) is 4.96. The Labute approximate surface area is 201 Å². The van der Waals surface area contributed by atoms with Crippen LogP contribution in [0, 0.1) is 19.8 Å². The Morgan fingerprint density at radius 1 is 1.18 bits per heavy atom. The number of urea groups is 1. The number of sulfone groups is 1. The summed E-state index contributed by atoms with van der Waals surface area (Å²) in [6.45, 7) is 5.26. The highest BCUT2D eigenvalue weighted by atomic mass is 32.2. The van der Waals surface area contributed by atoms with Crippen molar-refractivity contribution in [3.05, 3.63) is 47.3 Å². The zero-order chi connectivity index (χ0) is 24.5. The van der Waals surface area contributed by atoms with E-state index in [-0.39, 0.29) is 35.4 Å². The minimum Gasteiger partial charge on any atom is -0.341 e. The van der Waals surface area contributed by atoms with Gasteiger partial charge in [0.25, 0.3) is 0 Å². The van der Waals surface area contributed by atoms with E-state index in [1.165, 1.54) is 0 Å².